The topological polar surface area (TPSA) is 59.9 Å². The highest BCUT2D eigenvalue weighted by molar-refractivity contribution is 6.07. The van der Waals surface area contributed by atoms with Crippen LogP contribution >= 0.6 is 0 Å². The quantitative estimate of drug-likeness (QED) is 0.908. The third kappa shape index (κ3) is 3.24. The van der Waals surface area contributed by atoms with Crippen LogP contribution in [0, 0.1) is 11.8 Å². The molecule has 2 fully saturated rings. The summed E-state index contributed by atoms with van der Waals surface area (Å²) < 4.78 is 11.7. The molecule has 0 aromatic heterocycles. The van der Waals surface area contributed by atoms with Crippen molar-refractivity contribution in [3.8, 4) is 11.5 Å². The lowest BCUT2D eigenvalue weighted by Gasteiger charge is -2.34. The molecule has 0 bridgehead atoms. The molecule has 1 amide bonds. The molecule has 0 unspecified atom stereocenters. The van der Waals surface area contributed by atoms with Crippen LogP contribution in [-0.4, -0.2) is 24.8 Å². The van der Waals surface area contributed by atoms with E-state index in [-0.39, 0.29) is 23.8 Å². The number of ether oxygens (including phenoxy) is 2. The van der Waals surface area contributed by atoms with E-state index in [0.717, 1.165) is 61.3 Å². The molecule has 5 nitrogen and oxygen atoms in total. The number of amides is 1. The van der Waals surface area contributed by atoms with Gasteiger partial charge in [-0.15, -0.1) is 0 Å². The maximum Gasteiger partial charge on any atom is 0.243 e. The van der Waals surface area contributed by atoms with Crippen LogP contribution in [0.2, 0.25) is 0 Å². The normalized spacial score (nSPS) is 26.6. The summed E-state index contributed by atoms with van der Waals surface area (Å²) in [6.07, 6.45) is 9.22. The van der Waals surface area contributed by atoms with E-state index in [2.05, 4.69) is 10.5 Å². The van der Waals surface area contributed by atoms with Crippen LogP contribution in [-0.2, 0) is 4.79 Å². The first-order valence-corrected chi connectivity index (χ1v) is 9.49. The van der Waals surface area contributed by atoms with E-state index in [1.165, 1.54) is 12.8 Å². The SMILES string of the molecule is COc1ccc(C2=NNC(=O)[C@H]3CCCC[C@@H]23)cc1OC1CCCC1. The van der Waals surface area contributed by atoms with Crippen LogP contribution in [0.4, 0.5) is 0 Å². The molecule has 0 spiro atoms. The van der Waals surface area contributed by atoms with Gasteiger partial charge in [0.2, 0.25) is 5.91 Å². The Hall–Kier alpha value is -2.04. The van der Waals surface area contributed by atoms with Gasteiger partial charge in [0.25, 0.3) is 0 Å². The fraction of sp³-hybridized carbons (Fsp3) is 0.600. The minimum atomic E-state index is 0.0579. The molecule has 2 atom stereocenters. The average Bonchev–Trinajstić information content (AvgIpc) is 3.15. The molecule has 0 saturated heterocycles. The molecule has 1 N–H and O–H groups in total. The summed E-state index contributed by atoms with van der Waals surface area (Å²) in [5.74, 6) is 1.90. The number of methoxy groups -OCH3 is 1. The lowest BCUT2D eigenvalue weighted by Crippen LogP contribution is -2.43. The van der Waals surface area contributed by atoms with Gasteiger partial charge in [-0.3, -0.25) is 4.79 Å². The Balaban J connectivity index is 1.64. The van der Waals surface area contributed by atoms with E-state index in [0.29, 0.717) is 0 Å². The van der Waals surface area contributed by atoms with Crippen molar-refractivity contribution < 1.29 is 14.3 Å². The van der Waals surface area contributed by atoms with Crippen molar-refractivity contribution in [2.75, 3.05) is 7.11 Å². The summed E-state index contributed by atoms with van der Waals surface area (Å²) in [5, 5.41) is 4.41. The largest absolute Gasteiger partial charge is 0.493 e. The van der Waals surface area contributed by atoms with E-state index >= 15 is 0 Å². The van der Waals surface area contributed by atoms with E-state index < -0.39 is 0 Å². The zero-order chi connectivity index (χ0) is 17.2. The lowest BCUT2D eigenvalue weighted by molar-refractivity contribution is -0.127. The number of fused-ring (bicyclic) bond motifs is 1. The average molecular weight is 342 g/mol. The molecule has 0 radical (unpaired) electrons. The number of benzene rings is 1. The first-order valence-electron chi connectivity index (χ1n) is 9.49. The molecule has 3 aliphatic rings. The van der Waals surface area contributed by atoms with Gasteiger partial charge in [0.15, 0.2) is 11.5 Å². The van der Waals surface area contributed by atoms with Crippen LogP contribution in [0.1, 0.15) is 56.9 Å². The van der Waals surface area contributed by atoms with Gasteiger partial charge in [-0.1, -0.05) is 12.8 Å². The standard InChI is InChI=1S/C20H26N2O3/c1-24-17-11-10-13(12-18(17)25-14-6-2-3-7-14)19-15-8-4-5-9-16(15)20(23)22-21-19/h10-12,14-16H,2-9H2,1H3,(H,22,23)/t15-,16+/m1/s1. The van der Waals surface area contributed by atoms with Crippen LogP contribution in [0.3, 0.4) is 0 Å². The molecule has 2 aliphatic carbocycles. The second-order valence-electron chi connectivity index (χ2n) is 7.36. The third-order valence-electron chi connectivity index (χ3n) is 5.80. The first-order chi connectivity index (χ1) is 12.3. The maximum absolute atomic E-state index is 12.1. The summed E-state index contributed by atoms with van der Waals surface area (Å²) in [6.45, 7) is 0. The Morgan fingerprint density at radius 2 is 1.72 bits per heavy atom. The van der Waals surface area contributed by atoms with Crippen LogP contribution in [0.15, 0.2) is 23.3 Å². The fourth-order valence-corrected chi connectivity index (χ4v) is 4.45. The predicted octanol–water partition coefficient (Wildman–Crippen LogP) is 3.66. The van der Waals surface area contributed by atoms with E-state index in [4.69, 9.17) is 9.47 Å². The van der Waals surface area contributed by atoms with Gasteiger partial charge in [-0.25, -0.2) is 5.43 Å². The second kappa shape index (κ2) is 7.06. The Morgan fingerprint density at radius 1 is 1.00 bits per heavy atom. The monoisotopic (exact) mass is 342 g/mol. The van der Waals surface area contributed by atoms with Gasteiger partial charge < -0.3 is 9.47 Å². The maximum atomic E-state index is 12.1. The van der Waals surface area contributed by atoms with Gasteiger partial charge in [-0.2, -0.15) is 5.10 Å². The van der Waals surface area contributed by atoms with E-state index in [9.17, 15) is 4.79 Å². The summed E-state index contributed by atoms with van der Waals surface area (Å²) in [4.78, 5) is 12.1. The summed E-state index contributed by atoms with van der Waals surface area (Å²) >= 11 is 0. The van der Waals surface area contributed by atoms with Crippen molar-refractivity contribution in [3.05, 3.63) is 23.8 Å². The van der Waals surface area contributed by atoms with E-state index in [1.807, 2.05) is 18.2 Å². The molecule has 4 rings (SSSR count). The van der Waals surface area contributed by atoms with Crippen molar-refractivity contribution in [1.82, 2.24) is 5.43 Å². The number of nitrogens with zero attached hydrogens (tertiary/aromatic N) is 1. The van der Waals surface area contributed by atoms with Gasteiger partial charge in [0, 0.05) is 17.4 Å². The zero-order valence-electron chi connectivity index (χ0n) is 14.8. The molecular weight excluding hydrogens is 316 g/mol. The zero-order valence-corrected chi connectivity index (χ0v) is 14.8. The summed E-state index contributed by atoms with van der Waals surface area (Å²) in [6, 6.07) is 6.03. The molecule has 1 aromatic carbocycles. The van der Waals surface area contributed by atoms with Gasteiger partial charge in [0.05, 0.1) is 18.9 Å². The summed E-state index contributed by atoms with van der Waals surface area (Å²) in [5.41, 5.74) is 4.75. The molecule has 5 heteroatoms. The van der Waals surface area contributed by atoms with Crippen molar-refractivity contribution in [3.63, 3.8) is 0 Å². The van der Waals surface area contributed by atoms with Crippen LogP contribution < -0.4 is 14.9 Å². The molecule has 134 valence electrons. The minimum Gasteiger partial charge on any atom is -0.493 e. The number of rotatable bonds is 4. The molecule has 1 heterocycles. The number of carbonyl (C=O) groups excluding carboxylic acids is 1. The number of hydrogen-bond acceptors (Lipinski definition) is 4. The van der Waals surface area contributed by atoms with Crippen molar-refractivity contribution in [2.45, 2.75) is 57.5 Å². The van der Waals surface area contributed by atoms with E-state index in [1.54, 1.807) is 7.11 Å². The first kappa shape index (κ1) is 16.4. The van der Waals surface area contributed by atoms with Gasteiger partial charge in [0.1, 0.15) is 0 Å². The lowest BCUT2D eigenvalue weighted by atomic mass is 9.74. The molecular formula is C20H26N2O3. The highest BCUT2D eigenvalue weighted by Gasteiger charge is 2.38. The summed E-state index contributed by atoms with van der Waals surface area (Å²) in [7, 11) is 1.67. The number of nitrogens with one attached hydrogen (secondary N) is 1. The Labute approximate surface area is 148 Å². The highest BCUT2D eigenvalue weighted by Crippen LogP contribution is 2.38. The van der Waals surface area contributed by atoms with Gasteiger partial charge in [-0.05, 0) is 56.7 Å². The Kier molecular flexibility index (Phi) is 4.64. The minimum absolute atomic E-state index is 0.0579. The van der Waals surface area contributed by atoms with Crippen LogP contribution in [0.5, 0.6) is 11.5 Å². The highest BCUT2D eigenvalue weighted by atomic mass is 16.5. The molecule has 25 heavy (non-hydrogen) atoms. The Bertz CT molecular complexity index is 680. The van der Waals surface area contributed by atoms with Crippen molar-refractivity contribution >= 4 is 11.6 Å². The number of hydrazone groups is 1. The van der Waals surface area contributed by atoms with Crippen molar-refractivity contribution in [2.24, 2.45) is 16.9 Å². The Morgan fingerprint density at radius 3 is 2.48 bits per heavy atom. The smallest absolute Gasteiger partial charge is 0.243 e. The second-order valence-corrected chi connectivity index (χ2v) is 7.36. The van der Waals surface area contributed by atoms with Crippen LogP contribution in [0.25, 0.3) is 0 Å². The molecule has 1 aromatic rings. The fourth-order valence-electron chi connectivity index (χ4n) is 4.45. The third-order valence-corrected chi connectivity index (χ3v) is 5.80. The van der Waals surface area contributed by atoms with Gasteiger partial charge >= 0.3 is 0 Å². The number of carbonyl (C=O) groups is 1. The molecule has 2 saturated carbocycles. The predicted molar refractivity (Wildman–Crippen MR) is 96.0 cm³/mol. The van der Waals surface area contributed by atoms with Crippen molar-refractivity contribution in [1.29, 1.82) is 0 Å². The number of hydrogen-bond donors (Lipinski definition) is 1. The molecule has 1 aliphatic heterocycles.